The van der Waals surface area contributed by atoms with E-state index < -0.39 is 20.9 Å². The Kier molecular flexibility index (Phi) is 6.18. The molecule has 1 amide bonds. The van der Waals surface area contributed by atoms with Crippen LogP contribution < -0.4 is 9.47 Å². The molecule has 0 saturated carbocycles. The highest BCUT2D eigenvalue weighted by molar-refractivity contribution is 7.91. The van der Waals surface area contributed by atoms with Crippen LogP contribution in [0.5, 0.6) is 11.5 Å². The number of carbonyl (C=O) groups excluding carboxylic acids is 1. The Hall–Kier alpha value is -2.61. The molecule has 0 bridgehead atoms. The zero-order valence-electron chi connectivity index (χ0n) is 15.5. The van der Waals surface area contributed by atoms with E-state index in [0.29, 0.717) is 11.5 Å². The number of ether oxygens (including phenoxy) is 2. The lowest BCUT2D eigenvalue weighted by Gasteiger charge is -2.20. The van der Waals surface area contributed by atoms with Gasteiger partial charge >= 0.3 is 0 Å². The number of hydrogen-bond acceptors (Lipinski definition) is 5. The number of methoxy groups -OCH3 is 1. The maximum Gasteiger partial charge on any atom is 0.260 e. The lowest BCUT2D eigenvalue weighted by molar-refractivity contribution is -0.133. The molecule has 1 unspecified atom stereocenters. The van der Waals surface area contributed by atoms with Gasteiger partial charge in [0, 0.05) is 18.7 Å². The van der Waals surface area contributed by atoms with Crippen LogP contribution in [-0.2, 0) is 14.6 Å². The first-order valence-corrected chi connectivity index (χ1v) is 10.6. The predicted octanol–water partition coefficient (Wildman–Crippen LogP) is 2.60. The van der Waals surface area contributed by atoms with E-state index in [9.17, 15) is 17.6 Å². The number of halogens is 1. The van der Waals surface area contributed by atoms with Gasteiger partial charge in [-0.3, -0.25) is 4.79 Å². The standard InChI is InChI=1S/C20H22FNO5S/c1-26-15-6-8-16(9-7-15)27-14-20(23)22-11-10-19(28(24,25)13-12-22)17-4-2-3-5-18(17)21/h2-9,19H,10-14H2,1H3. The van der Waals surface area contributed by atoms with Crippen LogP contribution >= 0.6 is 0 Å². The number of rotatable bonds is 5. The molecule has 0 spiro atoms. The fourth-order valence-corrected chi connectivity index (χ4v) is 4.99. The summed E-state index contributed by atoms with van der Waals surface area (Å²) in [4.78, 5) is 13.9. The van der Waals surface area contributed by atoms with Crippen molar-refractivity contribution in [3.05, 3.63) is 59.9 Å². The van der Waals surface area contributed by atoms with Gasteiger partial charge in [0.2, 0.25) is 0 Å². The molecule has 1 aliphatic rings. The highest BCUT2D eigenvalue weighted by Crippen LogP contribution is 2.31. The van der Waals surface area contributed by atoms with Crippen molar-refractivity contribution in [3.63, 3.8) is 0 Å². The second-order valence-electron chi connectivity index (χ2n) is 6.51. The highest BCUT2D eigenvalue weighted by Gasteiger charge is 2.34. The van der Waals surface area contributed by atoms with Crippen LogP contribution in [0.3, 0.4) is 0 Å². The van der Waals surface area contributed by atoms with Gasteiger partial charge in [-0.05, 0) is 36.8 Å². The largest absolute Gasteiger partial charge is 0.497 e. The molecule has 3 rings (SSSR count). The summed E-state index contributed by atoms with van der Waals surface area (Å²) in [6.45, 7) is 0.0951. The number of amides is 1. The molecule has 6 nitrogen and oxygen atoms in total. The SMILES string of the molecule is COc1ccc(OCC(=O)N2CCC(c3ccccc3F)S(=O)(=O)CC2)cc1. The monoisotopic (exact) mass is 407 g/mol. The molecule has 28 heavy (non-hydrogen) atoms. The van der Waals surface area contributed by atoms with E-state index >= 15 is 0 Å². The van der Waals surface area contributed by atoms with E-state index in [4.69, 9.17) is 9.47 Å². The Balaban J connectivity index is 1.64. The predicted molar refractivity (Wildman–Crippen MR) is 103 cm³/mol. The number of nitrogens with zero attached hydrogens (tertiary/aromatic N) is 1. The Morgan fingerprint density at radius 2 is 1.79 bits per heavy atom. The zero-order chi connectivity index (χ0) is 20.1. The summed E-state index contributed by atoms with van der Waals surface area (Å²) in [5.74, 6) is 0.135. The van der Waals surface area contributed by atoms with Gasteiger partial charge in [0.1, 0.15) is 17.3 Å². The molecule has 0 aromatic heterocycles. The molecule has 2 aromatic carbocycles. The van der Waals surface area contributed by atoms with Crippen molar-refractivity contribution in [2.45, 2.75) is 11.7 Å². The molecule has 1 fully saturated rings. The maximum absolute atomic E-state index is 14.1. The first-order valence-electron chi connectivity index (χ1n) is 8.91. The zero-order valence-corrected chi connectivity index (χ0v) is 16.3. The minimum atomic E-state index is -3.57. The third-order valence-corrected chi connectivity index (χ3v) is 6.88. The topological polar surface area (TPSA) is 72.9 Å². The molecule has 2 aromatic rings. The van der Waals surface area contributed by atoms with Gasteiger partial charge in [0.15, 0.2) is 16.4 Å². The fourth-order valence-electron chi connectivity index (χ4n) is 3.19. The van der Waals surface area contributed by atoms with Crippen LogP contribution in [0, 0.1) is 5.82 Å². The number of hydrogen-bond donors (Lipinski definition) is 0. The van der Waals surface area contributed by atoms with E-state index in [0.717, 1.165) is 0 Å². The van der Waals surface area contributed by atoms with Crippen molar-refractivity contribution in [1.29, 1.82) is 0 Å². The molecule has 150 valence electrons. The maximum atomic E-state index is 14.1. The van der Waals surface area contributed by atoms with Gasteiger partial charge in [-0.1, -0.05) is 18.2 Å². The summed E-state index contributed by atoms with van der Waals surface area (Å²) in [6, 6.07) is 12.7. The van der Waals surface area contributed by atoms with E-state index in [1.54, 1.807) is 37.4 Å². The van der Waals surface area contributed by atoms with Crippen molar-refractivity contribution >= 4 is 15.7 Å². The number of carbonyl (C=O) groups is 1. The summed E-state index contributed by atoms with van der Waals surface area (Å²) >= 11 is 0. The quantitative estimate of drug-likeness (QED) is 0.762. The Bertz CT molecular complexity index is 930. The minimum Gasteiger partial charge on any atom is -0.497 e. The van der Waals surface area contributed by atoms with Gasteiger partial charge in [-0.2, -0.15) is 0 Å². The summed E-state index contributed by atoms with van der Waals surface area (Å²) in [6.07, 6.45) is 0.150. The Morgan fingerprint density at radius 1 is 1.11 bits per heavy atom. The summed E-state index contributed by atoms with van der Waals surface area (Å²) < 4.78 is 49.9. The molecule has 8 heteroatoms. The number of benzene rings is 2. The molecule has 1 aliphatic heterocycles. The molecule has 0 radical (unpaired) electrons. The summed E-state index contributed by atoms with van der Waals surface area (Å²) in [7, 11) is -2.01. The van der Waals surface area contributed by atoms with Crippen molar-refractivity contribution in [3.8, 4) is 11.5 Å². The van der Waals surface area contributed by atoms with Gasteiger partial charge in [-0.25, -0.2) is 12.8 Å². The van der Waals surface area contributed by atoms with Crippen LogP contribution in [0.2, 0.25) is 0 Å². The van der Waals surface area contributed by atoms with E-state index in [1.807, 2.05) is 0 Å². The average molecular weight is 407 g/mol. The van der Waals surface area contributed by atoms with Gasteiger partial charge in [0.05, 0.1) is 18.1 Å². The second-order valence-corrected chi connectivity index (χ2v) is 8.81. The van der Waals surface area contributed by atoms with Crippen LogP contribution in [0.1, 0.15) is 17.2 Å². The lowest BCUT2D eigenvalue weighted by atomic mass is 10.1. The first-order chi connectivity index (χ1) is 13.4. The van der Waals surface area contributed by atoms with Crippen LogP contribution in [0.15, 0.2) is 48.5 Å². The first kappa shape index (κ1) is 20.1. The molecule has 0 N–H and O–H groups in total. The Morgan fingerprint density at radius 3 is 2.46 bits per heavy atom. The molecule has 0 aliphatic carbocycles. The van der Waals surface area contributed by atoms with Crippen LogP contribution in [0.25, 0.3) is 0 Å². The van der Waals surface area contributed by atoms with Crippen molar-refractivity contribution in [1.82, 2.24) is 4.90 Å². The molecular formula is C20H22FNO5S. The summed E-state index contributed by atoms with van der Waals surface area (Å²) in [5, 5.41) is -0.950. The van der Waals surface area contributed by atoms with Crippen LogP contribution in [0.4, 0.5) is 4.39 Å². The van der Waals surface area contributed by atoms with Gasteiger partial charge in [-0.15, -0.1) is 0 Å². The molecule has 1 atom stereocenters. The summed E-state index contributed by atoms with van der Waals surface area (Å²) in [5.41, 5.74) is 0.159. The van der Waals surface area contributed by atoms with Crippen LogP contribution in [-0.4, -0.2) is 51.8 Å². The molecule has 1 saturated heterocycles. The van der Waals surface area contributed by atoms with E-state index in [1.165, 1.54) is 23.1 Å². The third-order valence-electron chi connectivity index (χ3n) is 4.77. The third kappa shape index (κ3) is 4.62. The van der Waals surface area contributed by atoms with Gasteiger partial charge in [0.25, 0.3) is 5.91 Å². The van der Waals surface area contributed by atoms with E-state index in [2.05, 4.69) is 0 Å². The lowest BCUT2D eigenvalue weighted by Crippen LogP contribution is -2.37. The normalized spacial score (nSPS) is 18.9. The fraction of sp³-hybridized carbons (Fsp3) is 0.350. The Labute approximate surface area is 163 Å². The van der Waals surface area contributed by atoms with E-state index in [-0.39, 0.29) is 43.3 Å². The number of sulfone groups is 1. The second kappa shape index (κ2) is 8.60. The van der Waals surface area contributed by atoms with Gasteiger partial charge < -0.3 is 14.4 Å². The highest BCUT2D eigenvalue weighted by atomic mass is 32.2. The molecule has 1 heterocycles. The molecular weight excluding hydrogens is 385 g/mol. The minimum absolute atomic E-state index is 0.0676. The van der Waals surface area contributed by atoms with Crippen molar-refractivity contribution in [2.24, 2.45) is 0 Å². The smallest absolute Gasteiger partial charge is 0.260 e. The van der Waals surface area contributed by atoms with Crippen molar-refractivity contribution in [2.75, 3.05) is 32.6 Å². The average Bonchev–Trinajstić information content (AvgIpc) is 2.85. The van der Waals surface area contributed by atoms with Crippen molar-refractivity contribution < 1.29 is 27.1 Å².